The summed E-state index contributed by atoms with van der Waals surface area (Å²) in [5.41, 5.74) is 4.34. The van der Waals surface area contributed by atoms with Crippen LogP contribution in [-0.4, -0.2) is 21.8 Å². The molecule has 2 heterocycles. The van der Waals surface area contributed by atoms with E-state index < -0.39 is 0 Å². The molecule has 0 atom stereocenters. The molecule has 0 aromatic carbocycles. The molecule has 1 aliphatic heterocycles. The van der Waals surface area contributed by atoms with Crippen LogP contribution in [0.2, 0.25) is 0 Å². The van der Waals surface area contributed by atoms with Crippen molar-refractivity contribution in [2.24, 2.45) is 0 Å². The molecular formula is C14H16ClN3O2S. The van der Waals surface area contributed by atoms with E-state index in [9.17, 15) is 9.59 Å². The molecule has 1 aromatic rings. The van der Waals surface area contributed by atoms with Crippen LogP contribution in [0.5, 0.6) is 0 Å². The van der Waals surface area contributed by atoms with E-state index in [0.29, 0.717) is 27.0 Å². The summed E-state index contributed by atoms with van der Waals surface area (Å²) in [7, 11) is 0. The zero-order valence-corrected chi connectivity index (χ0v) is 13.9. The van der Waals surface area contributed by atoms with Crippen LogP contribution in [0.15, 0.2) is 17.2 Å². The van der Waals surface area contributed by atoms with Crippen molar-refractivity contribution < 1.29 is 9.59 Å². The van der Waals surface area contributed by atoms with Crippen molar-refractivity contribution in [2.45, 2.75) is 34.1 Å². The van der Waals surface area contributed by atoms with E-state index in [2.05, 4.69) is 10.4 Å². The van der Waals surface area contributed by atoms with Crippen molar-refractivity contribution >= 4 is 44.9 Å². The molecule has 0 unspecified atom stereocenters. The van der Waals surface area contributed by atoms with Crippen LogP contribution in [0, 0.1) is 6.92 Å². The maximum atomic E-state index is 12.0. The van der Waals surface area contributed by atoms with Crippen LogP contribution < -0.4 is 5.43 Å². The molecule has 0 fully saturated rings. The van der Waals surface area contributed by atoms with Crippen molar-refractivity contribution in [1.82, 2.24) is 9.99 Å². The maximum Gasteiger partial charge on any atom is 0.275 e. The number of aromatic nitrogens is 1. The molecular weight excluding hydrogens is 310 g/mol. The molecule has 2 rings (SSSR count). The van der Waals surface area contributed by atoms with Crippen molar-refractivity contribution in [3.63, 3.8) is 0 Å². The number of allylic oxidation sites excluding steroid dienone is 1. The first-order valence-corrected chi connectivity index (χ1v) is 7.72. The first-order chi connectivity index (χ1) is 9.86. The summed E-state index contributed by atoms with van der Waals surface area (Å²) in [6.07, 6.45) is 2.68. The Morgan fingerprint density at radius 2 is 1.86 bits per heavy atom. The average Bonchev–Trinajstić information content (AvgIpc) is 2.89. The lowest BCUT2D eigenvalue weighted by atomic mass is 10.2. The van der Waals surface area contributed by atoms with Gasteiger partial charge in [-0.05, 0) is 27.2 Å². The summed E-state index contributed by atoms with van der Waals surface area (Å²) in [4.78, 5) is 29.2. The second-order valence-corrected chi connectivity index (χ2v) is 6.30. The molecule has 112 valence electrons. The monoisotopic (exact) mass is 325 g/mol. The van der Waals surface area contributed by atoms with E-state index >= 15 is 0 Å². The molecule has 21 heavy (non-hydrogen) atoms. The molecule has 0 saturated carbocycles. The van der Waals surface area contributed by atoms with Crippen LogP contribution in [0.3, 0.4) is 0 Å². The average molecular weight is 326 g/mol. The van der Waals surface area contributed by atoms with E-state index in [0.717, 1.165) is 16.3 Å². The third-order valence-corrected chi connectivity index (χ3v) is 4.43. The molecule has 7 heteroatoms. The fourth-order valence-electron chi connectivity index (χ4n) is 1.89. The van der Waals surface area contributed by atoms with Crippen LogP contribution in [0.1, 0.15) is 37.8 Å². The summed E-state index contributed by atoms with van der Waals surface area (Å²) in [5, 5.41) is 2.03. The van der Waals surface area contributed by atoms with Crippen LogP contribution in [0.4, 0.5) is 5.13 Å². The standard InChI is InChI=1S/C14H16ClN3O2S/c1-5-6-10(15)11-9(4)21-14(16-11)17-18-12(19)7(2)8(3)13(18)20/h6H,5H2,1-4H3,(H,16,17)/b10-6+. The highest BCUT2D eigenvalue weighted by atomic mass is 35.5. The van der Waals surface area contributed by atoms with E-state index in [1.165, 1.54) is 11.3 Å². The van der Waals surface area contributed by atoms with Crippen LogP contribution >= 0.6 is 22.9 Å². The molecule has 1 aliphatic rings. The largest absolute Gasteiger partial charge is 0.275 e. The van der Waals surface area contributed by atoms with Crippen molar-refractivity contribution in [1.29, 1.82) is 0 Å². The first-order valence-electron chi connectivity index (χ1n) is 6.53. The fourth-order valence-corrected chi connectivity index (χ4v) is 3.10. The van der Waals surface area contributed by atoms with Gasteiger partial charge in [-0.25, -0.2) is 4.98 Å². The number of nitrogens with zero attached hydrogens (tertiary/aromatic N) is 2. The van der Waals surface area contributed by atoms with Gasteiger partial charge in [0.1, 0.15) is 0 Å². The summed E-state index contributed by atoms with van der Waals surface area (Å²) in [6, 6.07) is 0. The summed E-state index contributed by atoms with van der Waals surface area (Å²) < 4.78 is 0. The highest BCUT2D eigenvalue weighted by Gasteiger charge is 2.34. The molecule has 0 spiro atoms. The van der Waals surface area contributed by atoms with Gasteiger partial charge in [0.15, 0.2) is 0 Å². The third-order valence-electron chi connectivity index (χ3n) is 3.22. The zero-order valence-electron chi connectivity index (χ0n) is 12.3. The van der Waals surface area contributed by atoms with Gasteiger partial charge in [-0.2, -0.15) is 5.01 Å². The van der Waals surface area contributed by atoms with Gasteiger partial charge < -0.3 is 0 Å². The Hall–Kier alpha value is -1.66. The molecule has 1 aromatic heterocycles. The number of nitrogens with one attached hydrogen (secondary N) is 1. The number of carbonyl (C=O) groups excluding carboxylic acids is 2. The number of hydrogen-bond acceptors (Lipinski definition) is 5. The number of anilines is 1. The quantitative estimate of drug-likeness (QED) is 0.861. The highest BCUT2D eigenvalue weighted by molar-refractivity contribution is 7.15. The van der Waals surface area contributed by atoms with Crippen molar-refractivity contribution in [2.75, 3.05) is 5.43 Å². The minimum absolute atomic E-state index is 0.345. The number of carbonyl (C=O) groups is 2. The van der Waals surface area contributed by atoms with Gasteiger partial charge in [0.05, 0.1) is 10.7 Å². The Balaban J connectivity index is 2.23. The summed E-state index contributed by atoms with van der Waals surface area (Å²) >= 11 is 7.52. The van der Waals surface area contributed by atoms with Crippen LogP contribution in [0.25, 0.3) is 5.03 Å². The zero-order chi connectivity index (χ0) is 15.7. The molecule has 0 saturated heterocycles. The topological polar surface area (TPSA) is 62.3 Å². The minimum Gasteiger partial charge on any atom is -0.267 e. The van der Waals surface area contributed by atoms with Gasteiger partial charge in [-0.15, -0.1) is 11.3 Å². The van der Waals surface area contributed by atoms with Gasteiger partial charge in [-0.3, -0.25) is 15.0 Å². The number of halogens is 1. The predicted octanol–water partition coefficient (Wildman–Crippen LogP) is 3.47. The van der Waals surface area contributed by atoms with E-state index in [1.54, 1.807) is 13.8 Å². The number of aryl methyl sites for hydroxylation is 1. The number of thiazole rings is 1. The number of amides is 2. The van der Waals surface area contributed by atoms with Crippen molar-refractivity contribution in [3.05, 3.63) is 27.8 Å². The van der Waals surface area contributed by atoms with E-state index in [1.807, 2.05) is 19.9 Å². The SMILES string of the molecule is CC/C=C(/Cl)c1nc(NN2C(=O)C(C)=C(C)C2=O)sc1C. The lowest BCUT2D eigenvalue weighted by Gasteiger charge is -2.14. The number of hydrazine groups is 1. The summed E-state index contributed by atoms with van der Waals surface area (Å²) in [6.45, 7) is 7.15. The van der Waals surface area contributed by atoms with Crippen LogP contribution in [-0.2, 0) is 9.59 Å². The molecule has 2 amide bonds. The first kappa shape index (κ1) is 15.7. The summed E-state index contributed by atoms with van der Waals surface area (Å²) in [5.74, 6) is -0.691. The maximum absolute atomic E-state index is 12.0. The van der Waals surface area contributed by atoms with Crippen molar-refractivity contribution in [3.8, 4) is 0 Å². The van der Waals surface area contributed by atoms with Gasteiger partial charge >= 0.3 is 0 Å². The molecule has 1 N–H and O–H groups in total. The predicted molar refractivity (Wildman–Crippen MR) is 84.8 cm³/mol. The lowest BCUT2D eigenvalue weighted by molar-refractivity contribution is -0.135. The normalized spacial score (nSPS) is 16.2. The Morgan fingerprint density at radius 1 is 1.29 bits per heavy atom. The molecule has 0 aliphatic carbocycles. The Kier molecular flexibility index (Phi) is 4.49. The third kappa shape index (κ3) is 2.87. The van der Waals surface area contributed by atoms with E-state index in [-0.39, 0.29) is 11.8 Å². The number of imide groups is 1. The fraction of sp³-hybridized carbons (Fsp3) is 0.357. The van der Waals surface area contributed by atoms with E-state index in [4.69, 9.17) is 11.6 Å². The molecule has 5 nitrogen and oxygen atoms in total. The molecule has 0 radical (unpaired) electrons. The second-order valence-electron chi connectivity index (χ2n) is 4.69. The second kappa shape index (κ2) is 5.99. The van der Waals surface area contributed by atoms with Gasteiger partial charge in [0.2, 0.25) is 5.13 Å². The van der Waals surface area contributed by atoms with Gasteiger partial charge in [0, 0.05) is 16.0 Å². The minimum atomic E-state index is -0.345. The smallest absolute Gasteiger partial charge is 0.267 e. The van der Waals surface area contributed by atoms with Gasteiger partial charge in [-0.1, -0.05) is 24.6 Å². The Morgan fingerprint density at radius 3 is 2.38 bits per heavy atom. The molecule has 0 bridgehead atoms. The highest BCUT2D eigenvalue weighted by Crippen LogP contribution is 2.31. The number of rotatable bonds is 4. The number of hydrogen-bond donors (Lipinski definition) is 1. The van der Waals surface area contributed by atoms with Gasteiger partial charge in [0.25, 0.3) is 11.8 Å². The Labute approximate surface area is 132 Å². The Bertz CT molecular complexity index is 652. The lowest BCUT2D eigenvalue weighted by Crippen LogP contribution is -2.36.